The zero-order valence-electron chi connectivity index (χ0n) is 17.0. The number of ether oxygens (including phenoxy) is 1. The van der Waals surface area contributed by atoms with E-state index in [0.717, 1.165) is 26.1 Å². The summed E-state index contributed by atoms with van der Waals surface area (Å²) in [6, 6.07) is 0. The third-order valence-electron chi connectivity index (χ3n) is 4.93. The highest BCUT2D eigenvalue weighted by Crippen LogP contribution is 2.13. The van der Waals surface area contributed by atoms with Crippen molar-refractivity contribution in [2.45, 2.75) is 122 Å². The number of hydrogen-bond acceptors (Lipinski definition) is 3. The SMILES string of the molecule is CCCCCCCCCCCCCCCCOCCCCC(O)CO. The van der Waals surface area contributed by atoms with Crippen molar-refractivity contribution in [3.8, 4) is 0 Å². The quantitative estimate of drug-likeness (QED) is 0.247. The van der Waals surface area contributed by atoms with Crippen molar-refractivity contribution in [1.29, 1.82) is 0 Å². The Kier molecular flexibility index (Phi) is 21.8. The Bertz CT molecular complexity index is 233. The first-order valence-corrected chi connectivity index (χ1v) is 11.2. The maximum absolute atomic E-state index is 9.21. The average Bonchev–Trinajstić information content (AvgIpc) is 2.63. The van der Waals surface area contributed by atoms with Crippen LogP contribution in [0.3, 0.4) is 0 Å². The van der Waals surface area contributed by atoms with Gasteiger partial charge in [0, 0.05) is 13.2 Å². The highest BCUT2D eigenvalue weighted by atomic mass is 16.5. The third kappa shape index (κ3) is 21.8. The molecule has 0 aromatic rings. The van der Waals surface area contributed by atoms with Crippen LogP contribution in [0.5, 0.6) is 0 Å². The van der Waals surface area contributed by atoms with Crippen molar-refractivity contribution in [2.75, 3.05) is 19.8 Å². The minimum Gasteiger partial charge on any atom is -0.394 e. The number of aliphatic hydroxyl groups is 2. The van der Waals surface area contributed by atoms with Crippen molar-refractivity contribution in [2.24, 2.45) is 0 Å². The number of rotatable bonds is 21. The number of aliphatic hydroxyl groups excluding tert-OH is 2. The Hall–Kier alpha value is -0.120. The highest BCUT2D eigenvalue weighted by Gasteiger charge is 2.00. The Labute approximate surface area is 157 Å². The van der Waals surface area contributed by atoms with Crippen LogP contribution >= 0.6 is 0 Å². The molecule has 152 valence electrons. The molecule has 0 aromatic carbocycles. The molecule has 3 heteroatoms. The summed E-state index contributed by atoms with van der Waals surface area (Å²) >= 11 is 0. The molecule has 0 saturated heterocycles. The summed E-state index contributed by atoms with van der Waals surface area (Å²) in [4.78, 5) is 0. The zero-order valence-corrected chi connectivity index (χ0v) is 17.0. The molecule has 0 fully saturated rings. The first kappa shape index (κ1) is 24.9. The zero-order chi connectivity index (χ0) is 18.4. The van der Waals surface area contributed by atoms with E-state index in [4.69, 9.17) is 9.84 Å². The van der Waals surface area contributed by atoms with Gasteiger partial charge in [-0.1, -0.05) is 90.4 Å². The molecule has 0 bridgehead atoms. The van der Waals surface area contributed by atoms with E-state index in [-0.39, 0.29) is 6.61 Å². The van der Waals surface area contributed by atoms with Crippen LogP contribution in [0, 0.1) is 0 Å². The summed E-state index contributed by atoms with van der Waals surface area (Å²) in [7, 11) is 0. The molecule has 25 heavy (non-hydrogen) atoms. The second-order valence-electron chi connectivity index (χ2n) is 7.54. The Morgan fingerprint density at radius 2 is 1.00 bits per heavy atom. The second kappa shape index (κ2) is 21.9. The van der Waals surface area contributed by atoms with E-state index in [0.29, 0.717) is 6.42 Å². The Morgan fingerprint density at radius 1 is 0.600 bits per heavy atom. The second-order valence-corrected chi connectivity index (χ2v) is 7.54. The van der Waals surface area contributed by atoms with Crippen molar-refractivity contribution in [3.05, 3.63) is 0 Å². The summed E-state index contributed by atoms with van der Waals surface area (Å²) in [5.41, 5.74) is 0. The monoisotopic (exact) mass is 358 g/mol. The molecule has 0 aromatic heterocycles. The topological polar surface area (TPSA) is 49.7 Å². The Balaban J connectivity index is 2.98. The fourth-order valence-electron chi connectivity index (χ4n) is 3.18. The molecule has 3 nitrogen and oxygen atoms in total. The molecule has 1 unspecified atom stereocenters. The van der Waals surface area contributed by atoms with E-state index in [1.165, 1.54) is 89.9 Å². The van der Waals surface area contributed by atoms with E-state index < -0.39 is 6.10 Å². The van der Waals surface area contributed by atoms with Crippen LogP contribution in [0.25, 0.3) is 0 Å². The minimum absolute atomic E-state index is 0.125. The summed E-state index contributed by atoms with van der Waals surface area (Å²) < 4.78 is 5.61. The van der Waals surface area contributed by atoms with Gasteiger partial charge in [-0.15, -0.1) is 0 Å². The van der Waals surface area contributed by atoms with Crippen molar-refractivity contribution in [1.82, 2.24) is 0 Å². The average molecular weight is 359 g/mol. The number of hydrogen-bond donors (Lipinski definition) is 2. The minimum atomic E-state index is -0.550. The van der Waals surface area contributed by atoms with E-state index >= 15 is 0 Å². The summed E-state index contributed by atoms with van der Waals surface area (Å²) in [5.74, 6) is 0. The normalized spacial score (nSPS) is 12.6. The van der Waals surface area contributed by atoms with Crippen LogP contribution in [0.4, 0.5) is 0 Å². The van der Waals surface area contributed by atoms with Crippen LogP contribution in [0.15, 0.2) is 0 Å². The van der Waals surface area contributed by atoms with Gasteiger partial charge in [0.1, 0.15) is 0 Å². The van der Waals surface area contributed by atoms with Crippen molar-refractivity contribution in [3.63, 3.8) is 0 Å². The molecule has 0 rings (SSSR count). The van der Waals surface area contributed by atoms with Gasteiger partial charge in [-0.3, -0.25) is 0 Å². The molecule has 0 heterocycles. The fourth-order valence-corrected chi connectivity index (χ4v) is 3.18. The predicted octanol–water partition coefficient (Wildman–Crippen LogP) is 6.01. The molecule has 0 spiro atoms. The lowest BCUT2D eigenvalue weighted by Crippen LogP contribution is -2.11. The summed E-state index contributed by atoms with van der Waals surface area (Å²) in [6.07, 6.45) is 21.5. The lowest BCUT2D eigenvalue weighted by Gasteiger charge is -2.07. The van der Waals surface area contributed by atoms with Gasteiger partial charge >= 0.3 is 0 Å². The third-order valence-corrected chi connectivity index (χ3v) is 4.93. The predicted molar refractivity (Wildman–Crippen MR) is 108 cm³/mol. The highest BCUT2D eigenvalue weighted by molar-refractivity contribution is 4.53. The van der Waals surface area contributed by atoms with Gasteiger partial charge in [-0.05, 0) is 25.7 Å². The standard InChI is InChI=1S/C22H46O3/c1-2-3-4-5-6-7-8-9-10-11-12-13-14-16-19-25-20-17-15-18-22(24)21-23/h22-24H,2-21H2,1H3. The van der Waals surface area contributed by atoms with E-state index in [1.807, 2.05) is 0 Å². The smallest absolute Gasteiger partial charge is 0.0771 e. The van der Waals surface area contributed by atoms with Gasteiger partial charge in [0.2, 0.25) is 0 Å². The molecule has 1 atom stereocenters. The van der Waals surface area contributed by atoms with Crippen molar-refractivity contribution < 1.29 is 14.9 Å². The van der Waals surface area contributed by atoms with E-state index in [1.54, 1.807) is 0 Å². The first-order valence-electron chi connectivity index (χ1n) is 11.2. The molecule has 0 aliphatic heterocycles. The van der Waals surface area contributed by atoms with Gasteiger partial charge in [0.15, 0.2) is 0 Å². The maximum Gasteiger partial charge on any atom is 0.0771 e. The van der Waals surface area contributed by atoms with Crippen LogP contribution in [0.2, 0.25) is 0 Å². The van der Waals surface area contributed by atoms with Crippen LogP contribution in [0.1, 0.15) is 116 Å². The van der Waals surface area contributed by atoms with Crippen LogP contribution in [-0.4, -0.2) is 36.1 Å². The molecular formula is C22H46O3. The van der Waals surface area contributed by atoms with Crippen LogP contribution in [-0.2, 0) is 4.74 Å². The lowest BCUT2D eigenvalue weighted by molar-refractivity contribution is 0.0800. The first-order chi connectivity index (χ1) is 12.3. The summed E-state index contributed by atoms with van der Waals surface area (Å²) in [5, 5.41) is 17.9. The molecular weight excluding hydrogens is 312 g/mol. The van der Waals surface area contributed by atoms with E-state index in [2.05, 4.69) is 6.92 Å². The molecule has 0 aliphatic rings. The summed E-state index contributed by atoms with van der Waals surface area (Å²) in [6.45, 7) is 3.82. The van der Waals surface area contributed by atoms with Gasteiger partial charge < -0.3 is 14.9 Å². The maximum atomic E-state index is 9.21. The van der Waals surface area contributed by atoms with E-state index in [9.17, 15) is 5.11 Å². The van der Waals surface area contributed by atoms with Gasteiger partial charge in [0.25, 0.3) is 0 Å². The fraction of sp³-hybridized carbons (Fsp3) is 1.00. The van der Waals surface area contributed by atoms with Crippen LogP contribution < -0.4 is 0 Å². The molecule has 0 saturated carbocycles. The van der Waals surface area contributed by atoms with Gasteiger partial charge in [-0.25, -0.2) is 0 Å². The molecule has 2 N–H and O–H groups in total. The molecule has 0 radical (unpaired) electrons. The molecule has 0 amide bonds. The lowest BCUT2D eigenvalue weighted by atomic mass is 10.0. The largest absolute Gasteiger partial charge is 0.394 e. The Morgan fingerprint density at radius 3 is 1.44 bits per heavy atom. The number of unbranched alkanes of at least 4 members (excludes halogenated alkanes) is 14. The van der Waals surface area contributed by atoms with Gasteiger partial charge in [-0.2, -0.15) is 0 Å². The van der Waals surface area contributed by atoms with Crippen molar-refractivity contribution >= 4 is 0 Å². The molecule has 0 aliphatic carbocycles. The van der Waals surface area contributed by atoms with Gasteiger partial charge in [0.05, 0.1) is 12.7 Å².